The summed E-state index contributed by atoms with van der Waals surface area (Å²) in [5.74, 6) is 0. The van der Waals surface area contributed by atoms with Gasteiger partial charge in [-0.2, -0.15) is 0 Å². The molecule has 2 nitrogen and oxygen atoms in total. The predicted molar refractivity (Wildman–Crippen MR) is 98.5 cm³/mol. The number of nitrogens with zero attached hydrogens (tertiary/aromatic N) is 1. The zero-order valence-electron chi connectivity index (χ0n) is 14.5. The van der Waals surface area contributed by atoms with Crippen molar-refractivity contribution in [2.24, 2.45) is 0 Å². The molecule has 0 amide bonds. The molecule has 0 aliphatic carbocycles. The number of hydrogen-bond acceptors (Lipinski definition) is 2. The second-order valence-corrected chi connectivity index (χ2v) is 19.6. The number of aromatic nitrogens is 1. The molecule has 0 radical (unpaired) electrons. The SMILES string of the molecule is CCC[CH2][Sn]([CH2]CCC)([CH2]CCC)[c]1cc2ccncc2o1. The summed E-state index contributed by atoms with van der Waals surface area (Å²) >= 11 is -2.40. The topological polar surface area (TPSA) is 26.0 Å². The molecule has 122 valence electrons. The second-order valence-electron chi connectivity index (χ2n) is 6.62. The molecular formula is C19H31NOSn. The van der Waals surface area contributed by atoms with Crippen LogP contribution in [0, 0.1) is 0 Å². The molecule has 2 rings (SSSR count). The summed E-state index contributed by atoms with van der Waals surface area (Å²) in [7, 11) is 0. The number of hydrogen-bond donors (Lipinski definition) is 0. The van der Waals surface area contributed by atoms with E-state index >= 15 is 0 Å². The van der Waals surface area contributed by atoms with Gasteiger partial charge in [-0.05, 0) is 0 Å². The van der Waals surface area contributed by atoms with Crippen LogP contribution >= 0.6 is 0 Å². The van der Waals surface area contributed by atoms with Crippen molar-refractivity contribution in [3.05, 3.63) is 24.5 Å². The molecule has 2 aromatic heterocycles. The van der Waals surface area contributed by atoms with Gasteiger partial charge >= 0.3 is 140 Å². The molecule has 0 atom stereocenters. The van der Waals surface area contributed by atoms with Crippen molar-refractivity contribution in [2.75, 3.05) is 0 Å². The Morgan fingerprint density at radius 3 is 2.05 bits per heavy atom. The van der Waals surface area contributed by atoms with Crippen molar-refractivity contribution in [1.29, 1.82) is 0 Å². The molecule has 0 saturated heterocycles. The first kappa shape index (κ1) is 17.8. The van der Waals surface area contributed by atoms with Gasteiger partial charge in [0, 0.05) is 0 Å². The molecule has 0 spiro atoms. The van der Waals surface area contributed by atoms with E-state index in [1.165, 1.54) is 61.0 Å². The number of furan rings is 1. The third-order valence-corrected chi connectivity index (χ3v) is 19.8. The zero-order chi connectivity index (χ0) is 15.8. The van der Waals surface area contributed by atoms with Crippen LogP contribution in [0.4, 0.5) is 0 Å². The van der Waals surface area contributed by atoms with Gasteiger partial charge in [-0.15, -0.1) is 0 Å². The summed E-state index contributed by atoms with van der Waals surface area (Å²) in [6, 6.07) is 4.46. The average Bonchev–Trinajstić information content (AvgIpc) is 2.99. The quantitative estimate of drug-likeness (QED) is 0.459. The Labute approximate surface area is 139 Å². The number of fused-ring (bicyclic) bond motifs is 1. The fourth-order valence-corrected chi connectivity index (χ4v) is 18.8. The minimum absolute atomic E-state index is 0.989. The summed E-state index contributed by atoms with van der Waals surface area (Å²) in [4.78, 5) is 4.22. The molecular weight excluding hydrogens is 377 g/mol. The molecule has 3 heteroatoms. The molecule has 0 fully saturated rings. The van der Waals surface area contributed by atoms with Crippen molar-refractivity contribution in [2.45, 2.75) is 72.6 Å². The molecule has 2 heterocycles. The Kier molecular flexibility index (Phi) is 7.26. The molecule has 0 aliphatic heterocycles. The van der Waals surface area contributed by atoms with Crippen LogP contribution in [0.3, 0.4) is 0 Å². The van der Waals surface area contributed by atoms with Crippen LogP contribution in [-0.2, 0) is 0 Å². The zero-order valence-corrected chi connectivity index (χ0v) is 17.4. The van der Waals surface area contributed by atoms with Crippen LogP contribution in [-0.4, -0.2) is 23.4 Å². The minimum atomic E-state index is -2.40. The molecule has 2 aromatic rings. The summed E-state index contributed by atoms with van der Waals surface area (Å²) in [5, 5.41) is 1.25. The van der Waals surface area contributed by atoms with Gasteiger partial charge in [0.15, 0.2) is 0 Å². The molecule has 0 aromatic carbocycles. The van der Waals surface area contributed by atoms with E-state index < -0.39 is 18.4 Å². The van der Waals surface area contributed by atoms with Gasteiger partial charge in [0.25, 0.3) is 0 Å². The van der Waals surface area contributed by atoms with Crippen molar-refractivity contribution < 1.29 is 4.42 Å². The van der Waals surface area contributed by atoms with Gasteiger partial charge in [0.2, 0.25) is 0 Å². The summed E-state index contributed by atoms with van der Waals surface area (Å²) in [6.07, 6.45) is 11.8. The maximum atomic E-state index is 6.36. The van der Waals surface area contributed by atoms with E-state index in [0.29, 0.717) is 0 Å². The van der Waals surface area contributed by atoms with Crippen LogP contribution < -0.4 is 3.78 Å². The number of rotatable bonds is 10. The first-order valence-corrected chi connectivity index (χ1v) is 16.6. The number of unbranched alkanes of at least 4 members (excludes halogenated alkanes) is 3. The summed E-state index contributed by atoms with van der Waals surface area (Å²) < 4.78 is 12.1. The van der Waals surface area contributed by atoms with Crippen molar-refractivity contribution in [3.8, 4) is 0 Å². The fraction of sp³-hybridized carbons (Fsp3) is 0.632. The van der Waals surface area contributed by atoms with E-state index in [1.54, 1.807) is 0 Å². The monoisotopic (exact) mass is 409 g/mol. The van der Waals surface area contributed by atoms with E-state index in [1.807, 2.05) is 12.4 Å². The predicted octanol–water partition coefficient (Wildman–Crippen LogP) is 5.88. The van der Waals surface area contributed by atoms with Crippen LogP contribution in [0.25, 0.3) is 11.0 Å². The summed E-state index contributed by atoms with van der Waals surface area (Å²) in [6.45, 7) is 6.95. The third kappa shape index (κ3) is 4.27. The molecule has 0 bridgehead atoms. The Bertz CT molecular complexity index is 509. The van der Waals surface area contributed by atoms with Gasteiger partial charge in [0.1, 0.15) is 0 Å². The molecule has 0 aliphatic rings. The Morgan fingerprint density at radius 1 is 0.955 bits per heavy atom. The van der Waals surface area contributed by atoms with E-state index in [9.17, 15) is 0 Å². The third-order valence-electron chi connectivity index (χ3n) is 4.87. The van der Waals surface area contributed by atoms with Crippen molar-refractivity contribution >= 4 is 33.1 Å². The Morgan fingerprint density at radius 2 is 1.55 bits per heavy atom. The normalized spacial score (nSPS) is 12.1. The van der Waals surface area contributed by atoms with E-state index in [0.717, 1.165) is 5.58 Å². The first-order chi connectivity index (χ1) is 10.8. The standard InChI is InChI=1S/C7H4NO.3C4H9.Sn/c1-3-8-5-7-6(1)2-4-9-7;3*1-3-4-2;/h1-3,5H;3*1,3-4H2,2H3;. The van der Waals surface area contributed by atoms with Gasteiger partial charge in [0.05, 0.1) is 0 Å². The Hall–Kier alpha value is -0.511. The maximum absolute atomic E-state index is 6.36. The van der Waals surface area contributed by atoms with E-state index in [2.05, 4.69) is 37.9 Å². The van der Waals surface area contributed by atoms with E-state index in [4.69, 9.17) is 4.42 Å². The van der Waals surface area contributed by atoms with Gasteiger partial charge in [-0.1, -0.05) is 0 Å². The fourth-order valence-electron chi connectivity index (χ4n) is 3.44. The molecule has 0 saturated carbocycles. The molecule has 22 heavy (non-hydrogen) atoms. The molecule has 0 unspecified atom stereocenters. The van der Waals surface area contributed by atoms with Crippen molar-refractivity contribution in [3.63, 3.8) is 0 Å². The van der Waals surface area contributed by atoms with Crippen molar-refractivity contribution in [1.82, 2.24) is 4.98 Å². The van der Waals surface area contributed by atoms with E-state index in [-0.39, 0.29) is 0 Å². The van der Waals surface area contributed by atoms with Crippen LogP contribution in [0.5, 0.6) is 0 Å². The van der Waals surface area contributed by atoms with Gasteiger partial charge < -0.3 is 0 Å². The number of pyridine rings is 1. The average molecular weight is 408 g/mol. The molecule has 0 N–H and O–H groups in total. The Balaban J connectivity index is 2.37. The summed E-state index contributed by atoms with van der Waals surface area (Å²) in [5.41, 5.74) is 0.989. The second kappa shape index (κ2) is 8.95. The van der Waals surface area contributed by atoms with Crippen LogP contribution in [0.2, 0.25) is 13.3 Å². The van der Waals surface area contributed by atoms with Gasteiger partial charge in [-0.3, -0.25) is 0 Å². The van der Waals surface area contributed by atoms with Crippen LogP contribution in [0.1, 0.15) is 59.3 Å². The first-order valence-electron chi connectivity index (χ1n) is 9.09. The van der Waals surface area contributed by atoms with Gasteiger partial charge in [-0.25, -0.2) is 0 Å². The van der Waals surface area contributed by atoms with Crippen LogP contribution in [0.15, 0.2) is 28.9 Å².